The van der Waals surface area contributed by atoms with E-state index in [2.05, 4.69) is 15.6 Å². The first-order chi connectivity index (χ1) is 11.0. The minimum absolute atomic E-state index is 0.186. The molecule has 2 rings (SSSR count). The molecule has 0 fully saturated rings. The molecule has 0 saturated heterocycles. The number of hydrogen-bond acceptors (Lipinski definition) is 4. The number of aromatic nitrogens is 1. The van der Waals surface area contributed by atoms with Crippen molar-refractivity contribution in [3.8, 4) is 5.75 Å². The van der Waals surface area contributed by atoms with Gasteiger partial charge in [0.1, 0.15) is 5.75 Å². The second-order valence-electron chi connectivity index (χ2n) is 4.22. The van der Waals surface area contributed by atoms with Crippen molar-refractivity contribution < 1.29 is 14.3 Å². The molecule has 2 N–H and O–H groups in total. The van der Waals surface area contributed by atoms with Crippen LogP contribution in [-0.2, 0) is 4.79 Å². The zero-order valence-corrected chi connectivity index (χ0v) is 13.7. The second kappa shape index (κ2) is 8.01. The number of nitrogens with one attached hydrogen (secondary N) is 2. The summed E-state index contributed by atoms with van der Waals surface area (Å²) in [5, 5.41) is 5.28. The van der Waals surface area contributed by atoms with Crippen molar-refractivity contribution in [1.29, 1.82) is 0 Å². The molecular weight excluding hydrogens is 365 g/mol. The quantitative estimate of drug-likeness (QED) is 0.798. The molecule has 1 aromatic carbocycles. The van der Waals surface area contributed by atoms with Gasteiger partial charge < -0.3 is 10.1 Å². The van der Waals surface area contributed by atoms with Crippen molar-refractivity contribution in [2.75, 3.05) is 11.9 Å². The number of urea groups is 1. The van der Waals surface area contributed by atoms with Gasteiger partial charge in [0.05, 0.1) is 15.1 Å². The van der Waals surface area contributed by atoms with E-state index in [1.807, 2.05) is 0 Å². The molecule has 6 nitrogen and oxygen atoms in total. The largest absolute Gasteiger partial charge is 0.482 e. The van der Waals surface area contributed by atoms with E-state index in [1.165, 1.54) is 24.5 Å². The molecule has 9 heteroatoms. The van der Waals surface area contributed by atoms with Gasteiger partial charge in [0, 0.05) is 24.1 Å². The Morgan fingerprint density at radius 1 is 1.04 bits per heavy atom. The summed E-state index contributed by atoms with van der Waals surface area (Å²) in [5.41, 5.74) is 0.499. The van der Waals surface area contributed by atoms with E-state index in [-0.39, 0.29) is 20.8 Å². The van der Waals surface area contributed by atoms with E-state index in [0.29, 0.717) is 5.69 Å². The highest BCUT2D eigenvalue weighted by atomic mass is 35.5. The number of benzene rings is 1. The summed E-state index contributed by atoms with van der Waals surface area (Å²) in [6.07, 6.45) is 3.01. The van der Waals surface area contributed by atoms with Crippen molar-refractivity contribution in [2.45, 2.75) is 0 Å². The summed E-state index contributed by atoms with van der Waals surface area (Å²) in [5.74, 6) is -0.468. The number of halogens is 3. The highest BCUT2D eigenvalue weighted by Gasteiger charge is 2.12. The summed E-state index contributed by atoms with van der Waals surface area (Å²) in [6.45, 7) is -0.415. The van der Waals surface area contributed by atoms with Crippen LogP contribution < -0.4 is 15.4 Å². The Labute approximate surface area is 146 Å². The normalized spacial score (nSPS) is 10.0. The highest BCUT2D eigenvalue weighted by molar-refractivity contribution is 6.43. The maximum Gasteiger partial charge on any atom is 0.325 e. The van der Waals surface area contributed by atoms with Crippen LogP contribution in [0.5, 0.6) is 5.75 Å². The van der Waals surface area contributed by atoms with Gasteiger partial charge in [0.25, 0.3) is 5.91 Å². The SMILES string of the molecule is O=C(COc1cc(Cl)c(Cl)cc1Cl)NC(=O)Nc1ccncc1. The van der Waals surface area contributed by atoms with E-state index < -0.39 is 18.5 Å². The fraction of sp³-hybridized carbons (Fsp3) is 0.0714. The van der Waals surface area contributed by atoms with Gasteiger partial charge in [-0.05, 0) is 18.2 Å². The molecule has 2 aromatic rings. The first-order valence-corrected chi connectivity index (χ1v) is 7.37. The van der Waals surface area contributed by atoms with Crippen LogP contribution in [0.4, 0.5) is 10.5 Å². The number of imide groups is 1. The Balaban J connectivity index is 1.85. The summed E-state index contributed by atoms with van der Waals surface area (Å²) in [6, 6.07) is 5.25. The predicted octanol–water partition coefficient (Wildman–Crippen LogP) is 3.77. The molecule has 1 heterocycles. The molecule has 0 radical (unpaired) electrons. The van der Waals surface area contributed by atoms with Gasteiger partial charge in [0.2, 0.25) is 0 Å². The lowest BCUT2D eigenvalue weighted by Crippen LogP contribution is -2.37. The van der Waals surface area contributed by atoms with Crippen LogP contribution in [0.2, 0.25) is 15.1 Å². The molecule has 23 heavy (non-hydrogen) atoms. The molecule has 0 bridgehead atoms. The van der Waals surface area contributed by atoms with Gasteiger partial charge in [0.15, 0.2) is 6.61 Å². The Kier molecular flexibility index (Phi) is 6.04. The standard InChI is InChI=1S/C14H10Cl3N3O3/c15-9-5-11(17)12(6-10(9)16)23-7-13(21)20-14(22)19-8-1-3-18-4-2-8/h1-6H,7H2,(H2,18,19,20,21,22). The molecule has 3 amide bonds. The lowest BCUT2D eigenvalue weighted by molar-refractivity contribution is -0.121. The fourth-order valence-corrected chi connectivity index (χ4v) is 2.11. The molecule has 0 atom stereocenters. The van der Waals surface area contributed by atoms with Crippen LogP contribution in [0.3, 0.4) is 0 Å². The molecule has 0 aliphatic heterocycles. The Morgan fingerprint density at radius 3 is 2.39 bits per heavy atom. The number of ether oxygens (including phenoxy) is 1. The topological polar surface area (TPSA) is 80.3 Å². The van der Waals surface area contributed by atoms with Gasteiger partial charge >= 0.3 is 6.03 Å². The van der Waals surface area contributed by atoms with Crippen molar-refractivity contribution >= 4 is 52.4 Å². The minimum Gasteiger partial charge on any atom is -0.482 e. The number of carbonyl (C=O) groups is 2. The van der Waals surface area contributed by atoms with Gasteiger partial charge in [-0.25, -0.2) is 4.79 Å². The molecule has 0 unspecified atom stereocenters. The number of pyridine rings is 1. The zero-order chi connectivity index (χ0) is 16.8. The first-order valence-electron chi connectivity index (χ1n) is 6.24. The number of hydrogen-bond donors (Lipinski definition) is 2. The average molecular weight is 375 g/mol. The third-order valence-electron chi connectivity index (χ3n) is 2.52. The maximum atomic E-state index is 11.7. The van der Waals surface area contributed by atoms with E-state index in [4.69, 9.17) is 39.5 Å². The van der Waals surface area contributed by atoms with Crippen LogP contribution >= 0.6 is 34.8 Å². The van der Waals surface area contributed by atoms with E-state index in [9.17, 15) is 9.59 Å². The summed E-state index contributed by atoms with van der Waals surface area (Å²) < 4.78 is 5.21. The van der Waals surface area contributed by atoms with E-state index in [0.717, 1.165) is 0 Å². The molecule has 0 aliphatic rings. The fourth-order valence-electron chi connectivity index (χ4n) is 1.52. The average Bonchev–Trinajstić information content (AvgIpc) is 2.50. The number of carbonyl (C=O) groups excluding carboxylic acids is 2. The lowest BCUT2D eigenvalue weighted by Gasteiger charge is -2.10. The summed E-state index contributed by atoms with van der Waals surface area (Å²) >= 11 is 17.5. The number of anilines is 1. The number of amides is 3. The third-order valence-corrected chi connectivity index (χ3v) is 3.54. The second-order valence-corrected chi connectivity index (χ2v) is 5.45. The Hall–Kier alpha value is -2.02. The predicted molar refractivity (Wildman–Crippen MR) is 88.4 cm³/mol. The van der Waals surface area contributed by atoms with Crippen molar-refractivity contribution in [1.82, 2.24) is 10.3 Å². The van der Waals surface area contributed by atoms with Crippen molar-refractivity contribution in [2.24, 2.45) is 0 Å². The highest BCUT2D eigenvalue weighted by Crippen LogP contribution is 2.33. The molecule has 1 aromatic heterocycles. The van der Waals surface area contributed by atoms with Gasteiger partial charge in [-0.1, -0.05) is 34.8 Å². The summed E-state index contributed by atoms with van der Waals surface area (Å²) in [7, 11) is 0. The van der Waals surface area contributed by atoms with Crippen LogP contribution in [0.15, 0.2) is 36.7 Å². The van der Waals surface area contributed by atoms with Crippen molar-refractivity contribution in [3.63, 3.8) is 0 Å². The van der Waals surface area contributed by atoms with Crippen LogP contribution in [-0.4, -0.2) is 23.5 Å². The molecule has 0 saturated carbocycles. The molecule has 120 valence electrons. The number of nitrogens with zero attached hydrogens (tertiary/aromatic N) is 1. The minimum atomic E-state index is -0.690. The summed E-state index contributed by atoms with van der Waals surface area (Å²) in [4.78, 5) is 27.1. The molecule has 0 spiro atoms. The smallest absolute Gasteiger partial charge is 0.325 e. The molecular formula is C14H10Cl3N3O3. The van der Waals surface area contributed by atoms with Crippen LogP contribution in [0, 0.1) is 0 Å². The van der Waals surface area contributed by atoms with E-state index >= 15 is 0 Å². The lowest BCUT2D eigenvalue weighted by atomic mass is 10.3. The van der Waals surface area contributed by atoms with Crippen LogP contribution in [0.25, 0.3) is 0 Å². The maximum absolute atomic E-state index is 11.7. The van der Waals surface area contributed by atoms with Crippen molar-refractivity contribution in [3.05, 3.63) is 51.7 Å². The Morgan fingerprint density at radius 2 is 1.70 bits per heavy atom. The molecule has 0 aliphatic carbocycles. The number of rotatable bonds is 4. The van der Waals surface area contributed by atoms with E-state index in [1.54, 1.807) is 12.1 Å². The first kappa shape index (κ1) is 17.3. The Bertz CT molecular complexity index is 726. The zero-order valence-electron chi connectivity index (χ0n) is 11.5. The van der Waals surface area contributed by atoms with Gasteiger partial charge in [-0.15, -0.1) is 0 Å². The van der Waals surface area contributed by atoms with Crippen LogP contribution in [0.1, 0.15) is 0 Å². The third kappa shape index (κ3) is 5.28. The van der Waals surface area contributed by atoms with Gasteiger partial charge in [-0.2, -0.15) is 0 Å². The van der Waals surface area contributed by atoms with Gasteiger partial charge in [-0.3, -0.25) is 15.1 Å². The monoisotopic (exact) mass is 373 g/mol.